The molecular weight excluding hydrogens is 204 g/mol. The number of thiazole rings is 1. The van der Waals surface area contributed by atoms with Gasteiger partial charge >= 0.3 is 5.97 Å². The van der Waals surface area contributed by atoms with Gasteiger partial charge in [-0.2, -0.15) is 0 Å². The van der Waals surface area contributed by atoms with Crippen molar-refractivity contribution in [1.29, 1.82) is 0 Å². The fourth-order valence-electron chi connectivity index (χ4n) is 0.878. The van der Waals surface area contributed by atoms with Crippen LogP contribution < -0.4 is 5.32 Å². The topological polar surface area (TPSA) is 79.3 Å². The fraction of sp³-hybridized carbons (Fsp3) is 0.375. The van der Waals surface area contributed by atoms with E-state index in [9.17, 15) is 9.59 Å². The highest BCUT2D eigenvalue weighted by Crippen LogP contribution is 2.12. The molecule has 0 aromatic carbocycles. The quantitative estimate of drug-likeness (QED) is 0.750. The highest BCUT2D eigenvalue weighted by molar-refractivity contribution is 7.09. The van der Waals surface area contributed by atoms with E-state index in [2.05, 4.69) is 10.3 Å². The molecule has 0 radical (unpaired) electrons. The van der Waals surface area contributed by atoms with Gasteiger partial charge in [0.25, 0.3) is 0 Å². The van der Waals surface area contributed by atoms with Crippen LogP contribution in [-0.4, -0.2) is 28.5 Å². The molecule has 0 bridgehead atoms. The molecule has 1 aromatic heterocycles. The molecule has 0 aliphatic rings. The van der Waals surface area contributed by atoms with Crippen LogP contribution in [0.1, 0.15) is 10.6 Å². The van der Waals surface area contributed by atoms with Crippen LogP contribution in [0, 0.1) is 6.92 Å². The van der Waals surface area contributed by atoms with Crippen molar-refractivity contribution in [3.05, 3.63) is 16.1 Å². The van der Waals surface area contributed by atoms with Crippen molar-refractivity contribution in [2.45, 2.75) is 13.3 Å². The summed E-state index contributed by atoms with van der Waals surface area (Å²) in [4.78, 5) is 26.2. The van der Waals surface area contributed by atoms with E-state index in [1.807, 2.05) is 6.92 Å². The minimum atomic E-state index is -1.04. The van der Waals surface area contributed by atoms with Crippen molar-refractivity contribution in [1.82, 2.24) is 10.3 Å². The molecule has 0 spiro atoms. The number of nitrogens with zero attached hydrogens (tertiary/aromatic N) is 1. The second-order valence-electron chi connectivity index (χ2n) is 2.71. The zero-order chi connectivity index (χ0) is 10.6. The summed E-state index contributed by atoms with van der Waals surface area (Å²) in [5.41, 5.74) is 2.48. The zero-order valence-corrected chi connectivity index (χ0v) is 8.43. The molecule has 0 fully saturated rings. The summed E-state index contributed by atoms with van der Waals surface area (Å²) < 4.78 is 0. The van der Waals surface area contributed by atoms with E-state index in [0.29, 0.717) is 0 Å². The van der Waals surface area contributed by atoms with Crippen LogP contribution in [-0.2, 0) is 16.0 Å². The lowest BCUT2D eigenvalue weighted by atomic mass is 10.3. The molecule has 1 rings (SSSR count). The number of rotatable bonds is 4. The minimum absolute atomic E-state index is 0.198. The number of carboxylic acids is 1. The predicted molar refractivity (Wildman–Crippen MR) is 51.2 cm³/mol. The van der Waals surface area contributed by atoms with Crippen LogP contribution >= 0.6 is 11.3 Å². The number of aliphatic carboxylic acids is 1. The summed E-state index contributed by atoms with van der Waals surface area (Å²) in [5, 5.41) is 10.6. The SMILES string of the molecule is Cc1ncsc1CC(=O)NCC(=O)O. The Morgan fingerprint density at radius 3 is 2.86 bits per heavy atom. The molecule has 0 saturated heterocycles. The molecule has 6 heteroatoms. The van der Waals surface area contributed by atoms with Crippen molar-refractivity contribution in [2.24, 2.45) is 0 Å². The van der Waals surface area contributed by atoms with Gasteiger partial charge in [-0.3, -0.25) is 9.59 Å². The van der Waals surface area contributed by atoms with Crippen LogP contribution in [0.15, 0.2) is 5.51 Å². The Kier molecular flexibility index (Phi) is 3.58. The highest BCUT2D eigenvalue weighted by Gasteiger charge is 2.08. The first-order valence-corrected chi connectivity index (χ1v) is 4.85. The molecule has 14 heavy (non-hydrogen) atoms. The first-order valence-electron chi connectivity index (χ1n) is 3.97. The monoisotopic (exact) mass is 214 g/mol. The first kappa shape index (κ1) is 10.6. The Hall–Kier alpha value is -1.43. The lowest BCUT2D eigenvalue weighted by molar-refractivity contribution is -0.137. The van der Waals surface area contributed by atoms with E-state index in [4.69, 9.17) is 5.11 Å². The molecule has 2 N–H and O–H groups in total. The predicted octanol–water partition coefficient (Wildman–Crippen LogP) is 0.195. The summed E-state index contributed by atoms with van der Waals surface area (Å²) in [7, 11) is 0. The summed E-state index contributed by atoms with van der Waals surface area (Å²) in [6.07, 6.45) is 0.198. The summed E-state index contributed by atoms with van der Waals surface area (Å²) >= 11 is 1.39. The second kappa shape index (κ2) is 4.71. The van der Waals surface area contributed by atoms with Gasteiger partial charge in [0, 0.05) is 4.88 Å². The Morgan fingerprint density at radius 1 is 1.64 bits per heavy atom. The average Bonchev–Trinajstić information content (AvgIpc) is 2.49. The van der Waals surface area contributed by atoms with Gasteiger partial charge in [0.15, 0.2) is 0 Å². The third kappa shape index (κ3) is 3.14. The van der Waals surface area contributed by atoms with Crippen molar-refractivity contribution >= 4 is 23.2 Å². The molecule has 0 aliphatic heterocycles. The molecule has 1 aromatic rings. The number of carbonyl (C=O) groups excluding carboxylic acids is 1. The third-order valence-electron chi connectivity index (χ3n) is 1.60. The van der Waals surface area contributed by atoms with Gasteiger partial charge in [0.1, 0.15) is 6.54 Å². The third-order valence-corrected chi connectivity index (χ3v) is 2.54. The summed E-state index contributed by atoms with van der Waals surface area (Å²) in [6.45, 7) is 1.48. The van der Waals surface area contributed by atoms with Crippen LogP contribution in [0.25, 0.3) is 0 Å². The zero-order valence-electron chi connectivity index (χ0n) is 7.61. The summed E-state index contributed by atoms with van der Waals surface area (Å²) in [6, 6.07) is 0. The minimum Gasteiger partial charge on any atom is -0.480 e. The van der Waals surface area contributed by atoms with Crippen molar-refractivity contribution in [3.8, 4) is 0 Å². The number of nitrogens with one attached hydrogen (secondary N) is 1. The van der Waals surface area contributed by atoms with E-state index < -0.39 is 5.97 Å². The van der Waals surface area contributed by atoms with Gasteiger partial charge < -0.3 is 10.4 Å². The molecular formula is C8H10N2O3S. The standard InChI is InChI=1S/C8H10N2O3S/c1-5-6(14-4-10-5)2-7(11)9-3-8(12)13/h4H,2-3H2,1H3,(H,9,11)(H,12,13). The van der Waals surface area contributed by atoms with E-state index in [1.54, 1.807) is 5.51 Å². The number of amides is 1. The Morgan fingerprint density at radius 2 is 2.36 bits per heavy atom. The number of hydrogen-bond donors (Lipinski definition) is 2. The van der Waals surface area contributed by atoms with E-state index in [-0.39, 0.29) is 18.9 Å². The number of aromatic nitrogens is 1. The Bertz CT molecular complexity index is 348. The summed E-state index contributed by atoms with van der Waals surface area (Å²) in [5.74, 6) is -1.33. The molecule has 1 heterocycles. The Balaban J connectivity index is 2.42. The lowest BCUT2D eigenvalue weighted by Gasteiger charge is -2.00. The number of aryl methyl sites for hydroxylation is 1. The van der Waals surface area contributed by atoms with Crippen molar-refractivity contribution in [2.75, 3.05) is 6.54 Å². The van der Waals surface area contributed by atoms with Gasteiger partial charge in [-0.25, -0.2) is 4.98 Å². The first-order chi connectivity index (χ1) is 6.59. The van der Waals surface area contributed by atoms with Gasteiger partial charge in [-0.1, -0.05) is 0 Å². The van der Waals surface area contributed by atoms with Gasteiger partial charge in [0.2, 0.25) is 5.91 Å². The van der Waals surface area contributed by atoms with Crippen molar-refractivity contribution in [3.63, 3.8) is 0 Å². The molecule has 0 saturated carbocycles. The maximum atomic E-state index is 11.2. The van der Waals surface area contributed by atoms with E-state index in [1.165, 1.54) is 11.3 Å². The molecule has 1 amide bonds. The normalized spacial score (nSPS) is 9.79. The molecule has 0 atom stereocenters. The fourth-order valence-corrected chi connectivity index (χ4v) is 1.65. The highest BCUT2D eigenvalue weighted by atomic mass is 32.1. The van der Waals surface area contributed by atoms with Gasteiger partial charge in [0.05, 0.1) is 17.6 Å². The number of carboxylic acid groups (broad SMARTS) is 1. The Labute approximate surface area is 84.8 Å². The van der Waals surface area contributed by atoms with Crippen LogP contribution in [0.2, 0.25) is 0 Å². The maximum Gasteiger partial charge on any atom is 0.322 e. The van der Waals surface area contributed by atoms with Gasteiger partial charge in [-0.05, 0) is 6.92 Å². The molecule has 0 unspecified atom stereocenters. The molecule has 0 aliphatic carbocycles. The number of carbonyl (C=O) groups is 2. The second-order valence-corrected chi connectivity index (χ2v) is 3.65. The average molecular weight is 214 g/mol. The van der Waals surface area contributed by atoms with Crippen LogP contribution in [0.3, 0.4) is 0 Å². The lowest BCUT2D eigenvalue weighted by Crippen LogP contribution is -2.30. The van der Waals surface area contributed by atoms with E-state index >= 15 is 0 Å². The van der Waals surface area contributed by atoms with E-state index in [0.717, 1.165) is 10.6 Å². The van der Waals surface area contributed by atoms with Crippen molar-refractivity contribution < 1.29 is 14.7 Å². The maximum absolute atomic E-state index is 11.2. The van der Waals surface area contributed by atoms with Crippen LogP contribution in [0.4, 0.5) is 0 Å². The smallest absolute Gasteiger partial charge is 0.322 e. The largest absolute Gasteiger partial charge is 0.480 e. The molecule has 5 nitrogen and oxygen atoms in total. The van der Waals surface area contributed by atoms with Gasteiger partial charge in [-0.15, -0.1) is 11.3 Å². The number of hydrogen-bond acceptors (Lipinski definition) is 4. The van der Waals surface area contributed by atoms with Crippen LogP contribution in [0.5, 0.6) is 0 Å². The molecule has 76 valence electrons.